The van der Waals surface area contributed by atoms with Crippen LogP contribution in [0.1, 0.15) is 5.56 Å². The maximum Gasteiger partial charge on any atom is 0.269 e. The number of aromatic nitrogens is 2. The van der Waals surface area contributed by atoms with Crippen LogP contribution < -0.4 is 16.2 Å². The molecule has 1 heterocycles. The number of nitrogens with two attached hydrogens (primary N) is 1. The fraction of sp³-hybridized carbons (Fsp3) is 0.286. The summed E-state index contributed by atoms with van der Waals surface area (Å²) < 4.78 is 14.9. The van der Waals surface area contributed by atoms with Gasteiger partial charge in [-0.25, -0.2) is 9.07 Å². The Morgan fingerprint density at radius 1 is 1.43 bits per heavy atom. The maximum absolute atomic E-state index is 13.2. The molecule has 2 N–H and O–H groups in total. The van der Waals surface area contributed by atoms with Crippen molar-refractivity contribution in [2.75, 3.05) is 25.0 Å². The summed E-state index contributed by atoms with van der Waals surface area (Å²) in [5.74, 6) is -0.335. The molecule has 1 aromatic carbocycles. The van der Waals surface area contributed by atoms with Crippen LogP contribution in [0.15, 0.2) is 39.7 Å². The quantitative estimate of drug-likeness (QED) is 0.885. The van der Waals surface area contributed by atoms with Gasteiger partial charge in [-0.05, 0) is 33.6 Å². The Balaban J connectivity index is 2.21. The van der Waals surface area contributed by atoms with Crippen LogP contribution in [-0.2, 0) is 6.54 Å². The van der Waals surface area contributed by atoms with Crippen molar-refractivity contribution >= 4 is 21.6 Å². The van der Waals surface area contributed by atoms with Gasteiger partial charge in [0.05, 0.1) is 22.9 Å². The van der Waals surface area contributed by atoms with Crippen molar-refractivity contribution in [3.63, 3.8) is 0 Å². The summed E-state index contributed by atoms with van der Waals surface area (Å²) in [7, 11) is 1.85. The van der Waals surface area contributed by atoms with Crippen molar-refractivity contribution in [2.45, 2.75) is 6.54 Å². The summed E-state index contributed by atoms with van der Waals surface area (Å²) in [6, 6.07) is 6.13. The highest BCUT2D eigenvalue weighted by Crippen LogP contribution is 2.17. The van der Waals surface area contributed by atoms with E-state index in [9.17, 15) is 9.18 Å². The normalized spacial score (nSPS) is 10.7. The van der Waals surface area contributed by atoms with Gasteiger partial charge < -0.3 is 10.6 Å². The molecule has 0 fully saturated rings. The maximum atomic E-state index is 13.2. The van der Waals surface area contributed by atoms with Crippen molar-refractivity contribution in [1.29, 1.82) is 0 Å². The summed E-state index contributed by atoms with van der Waals surface area (Å²) in [6.07, 6.45) is 1.62. The molecule has 2 aromatic rings. The van der Waals surface area contributed by atoms with Crippen LogP contribution in [-0.4, -0.2) is 29.9 Å². The molecule has 0 aliphatic heterocycles. The highest BCUT2D eigenvalue weighted by molar-refractivity contribution is 9.10. The first-order valence-corrected chi connectivity index (χ1v) is 7.23. The zero-order valence-electron chi connectivity index (χ0n) is 11.6. The summed E-state index contributed by atoms with van der Waals surface area (Å²) in [6.45, 7) is 1.44. The molecule has 0 saturated carbocycles. The van der Waals surface area contributed by atoms with Crippen molar-refractivity contribution in [3.05, 3.63) is 56.7 Å². The summed E-state index contributed by atoms with van der Waals surface area (Å²) in [5, 5.41) is 4.14. The Morgan fingerprint density at radius 3 is 2.81 bits per heavy atom. The first-order valence-electron chi connectivity index (χ1n) is 6.43. The van der Waals surface area contributed by atoms with E-state index in [1.165, 1.54) is 16.8 Å². The van der Waals surface area contributed by atoms with Gasteiger partial charge in [-0.3, -0.25) is 4.79 Å². The van der Waals surface area contributed by atoms with Gasteiger partial charge in [0.25, 0.3) is 5.56 Å². The minimum Gasteiger partial charge on any atom is -0.372 e. The lowest BCUT2D eigenvalue weighted by Gasteiger charge is -2.17. The first kappa shape index (κ1) is 15.7. The number of anilines is 1. The highest BCUT2D eigenvalue weighted by Gasteiger charge is 2.06. The molecule has 0 saturated heterocycles. The fourth-order valence-corrected chi connectivity index (χ4v) is 2.31. The van der Waals surface area contributed by atoms with E-state index in [-0.39, 0.29) is 11.4 Å². The SMILES string of the molecule is CN(CCN)c1cnn(Cc2ccc(F)c(Br)c2)c(=O)c1. The smallest absolute Gasteiger partial charge is 0.269 e. The number of benzene rings is 1. The van der Waals surface area contributed by atoms with Crippen LogP contribution in [0.3, 0.4) is 0 Å². The second-order valence-corrected chi connectivity index (χ2v) is 5.52. The van der Waals surface area contributed by atoms with Crippen molar-refractivity contribution in [3.8, 4) is 0 Å². The monoisotopic (exact) mass is 354 g/mol. The van der Waals surface area contributed by atoms with E-state index in [1.54, 1.807) is 18.3 Å². The molecule has 5 nitrogen and oxygen atoms in total. The van der Waals surface area contributed by atoms with Crippen LogP contribution in [0.25, 0.3) is 0 Å². The summed E-state index contributed by atoms with van der Waals surface area (Å²) in [4.78, 5) is 13.9. The van der Waals surface area contributed by atoms with Gasteiger partial charge in [0, 0.05) is 26.2 Å². The van der Waals surface area contributed by atoms with E-state index in [0.717, 1.165) is 11.3 Å². The van der Waals surface area contributed by atoms with Crippen LogP contribution in [0, 0.1) is 5.82 Å². The van der Waals surface area contributed by atoms with Crippen LogP contribution in [0.4, 0.5) is 10.1 Å². The number of likely N-dealkylation sites (N-methyl/N-ethyl adjacent to an activating group) is 1. The lowest BCUT2D eigenvalue weighted by atomic mass is 10.2. The van der Waals surface area contributed by atoms with Gasteiger partial charge in [-0.15, -0.1) is 0 Å². The third-order valence-electron chi connectivity index (χ3n) is 3.08. The molecule has 0 unspecified atom stereocenters. The molecular formula is C14H16BrFN4O. The Hall–Kier alpha value is -1.73. The van der Waals surface area contributed by atoms with Gasteiger partial charge in [-0.1, -0.05) is 6.07 Å². The van der Waals surface area contributed by atoms with Crippen molar-refractivity contribution in [1.82, 2.24) is 9.78 Å². The molecule has 7 heteroatoms. The van der Waals surface area contributed by atoms with E-state index in [4.69, 9.17) is 5.73 Å². The number of hydrogen-bond donors (Lipinski definition) is 1. The van der Waals surface area contributed by atoms with E-state index < -0.39 is 0 Å². The van der Waals surface area contributed by atoms with E-state index in [2.05, 4.69) is 21.0 Å². The van der Waals surface area contributed by atoms with Gasteiger partial charge in [0.1, 0.15) is 5.82 Å². The Kier molecular flexibility index (Phi) is 5.08. The summed E-state index contributed by atoms with van der Waals surface area (Å²) >= 11 is 3.12. The largest absolute Gasteiger partial charge is 0.372 e. The van der Waals surface area contributed by atoms with E-state index >= 15 is 0 Å². The Morgan fingerprint density at radius 2 is 2.19 bits per heavy atom. The molecule has 0 bridgehead atoms. The zero-order chi connectivity index (χ0) is 15.4. The molecule has 21 heavy (non-hydrogen) atoms. The standard InChI is InChI=1S/C14H16BrFN4O/c1-19(5-4-17)11-7-14(21)20(18-8-11)9-10-2-3-13(16)12(15)6-10/h2-3,6-8H,4-5,9,17H2,1H3. The van der Waals surface area contributed by atoms with Gasteiger partial charge in [0.15, 0.2) is 0 Å². The second-order valence-electron chi connectivity index (χ2n) is 4.67. The molecule has 0 radical (unpaired) electrons. The topological polar surface area (TPSA) is 64.2 Å². The third-order valence-corrected chi connectivity index (χ3v) is 3.68. The lowest BCUT2D eigenvalue weighted by Crippen LogP contribution is -2.29. The first-order chi connectivity index (χ1) is 10.0. The predicted molar refractivity (Wildman–Crippen MR) is 84.0 cm³/mol. The number of hydrogen-bond acceptors (Lipinski definition) is 4. The molecule has 0 aliphatic carbocycles. The minimum absolute atomic E-state index is 0.211. The minimum atomic E-state index is -0.335. The average Bonchev–Trinajstić information content (AvgIpc) is 2.45. The van der Waals surface area contributed by atoms with Crippen molar-refractivity contribution < 1.29 is 4.39 Å². The Bertz CT molecular complexity index is 689. The second kappa shape index (κ2) is 6.82. The van der Waals surface area contributed by atoms with E-state index in [1.807, 2.05) is 11.9 Å². The zero-order valence-corrected chi connectivity index (χ0v) is 13.2. The summed E-state index contributed by atoms with van der Waals surface area (Å²) in [5.41, 5.74) is 6.79. The lowest BCUT2D eigenvalue weighted by molar-refractivity contribution is 0.612. The fourth-order valence-electron chi connectivity index (χ4n) is 1.89. The molecule has 0 amide bonds. The van der Waals surface area contributed by atoms with Crippen LogP contribution in [0.2, 0.25) is 0 Å². The molecule has 0 spiro atoms. The number of halogens is 2. The molecule has 112 valence electrons. The molecular weight excluding hydrogens is 339 g/mol. The molecule has 0 atom stereocenters. The number of nitrogens with zero attached hydrogens (tertiary/aromatic N) is 3. The van der Waals surface area contributed by atoms with Crippen LogP contribution >= 0.6 is 15.9 Å². The average molecular weight is 355 g/mol. The van der Waals surface area contributed by atoms with Gasteiger partial charge in [0.2, 0.25) is 0 Å². The van der Waals surface area contributed by atoms with Gasteiger partial charge >= 0.3 is 0 Å². The van der Waals surface area contributed by atoms with E-state index in [0.29, 0.717) is 24.1 Å². The van der Waals surface area contributed by atoms with Gasteiger partial charge in [-0.2, -0.15) is 5.10 Å². The predicted octanol–water partition coefficient (Wildman–Crippen LogP) is 1.59. The number of rotatable bonds is 5. The molecule has 2 rings (SSSR count). The Labute approximate surface area is 130 Å². The third kappa shape index (κ3) is 3.89. The highest BCUT2D eigenvalue weighted by atomic mass is 79.9. The van der Waals surface area contributed by atoms with Crippen LogP contribution in [0.5, 0.6) is 0 Å². The van der Waals surface area contributed by atoms with Crippen molar-refractivity contribution in [2.24, 2.45) is 5.73 Å². The molecule has 1 aromatic heterocycles. The molecule has 0 aliphatic rings.